The van der Waals surface area contributed by atoms with Crippen molar-refractivity contribution in [2.24, 2.45) is 34.5 Å². The van der Waals surface area contributed by atoms with Gasteiger partial charge in [-0.25, -0.2) is 8.78 Å². The molecule has 0 spiro atoms. The third kappa shape index (κ3) is 2.00. The van der Waals surface area contributed by atoms with Crippen molar-refractivity contribution in [1.29, 1.82) is 0 Å². The number of aliphatic carboxylic acids is 1. The summed E-state index contributed by atoms with van der Waals surface area (Å²) < 4.78 is 30.0. The second-order valence-corrected chi connectivity index (χ2v) is 9.23. The molecule has 0 radical (unpaired) electrons. The van der Waals surface area contributed by atoms with Crippen LogP contribution in [0.3, 0.4) is 0 Å². The molecule has 0 aromatic heterocycles. The lowest BCUT2D eigenvalue weighted by Gasteiger charge is -2.58. The largest absolute Gasteiger partial charge is 0.481 e. The van der Waals surface area contributed by atoms with Gasteiger partial charge in [0.15, 0.2) is 0 Å². The Morgan fingerprint density at radius 2 is 2.00 bits per heavy atom. The Morgan fingerprint density at radius 3 is 2.71 bits per heavy atom. The van der Waals surface area contributed by atoms with Crippen LogP contribution in [-0.2, 0) is 4.79 Å². The number of hydrogen-bond acceptors (Lipinski definition) is 1. The van der Waals surface area contributed by atoms with E-state index in [4.69, 9.17) is 0 Å². The summed E-state index contributed by atoms with van der Waals surface area (Å²) in [4.78, 5) is 11.7. The lowest BCUT2D eigenvalue weighted by atomic mass is 9.46. The van der Waals surface area contributed by atoms with Crippen LogP contribution in [0.25, 0.3) is 0 Å². The molecule has 6 atom stereocenters. The topological polar surface area (TPSA) is 37.3 Å². The summed E-state index contributed by atoms with van der Waals surface area (Å²) in [5.41, 5.74) is 0.817. The molecular weight excluding hydrogens is 310 g/mol. The minimum atomic E-state index is -2.84. The summed E-state index contributed by atoms with van der Waals surface area (Å²) in [6.07, 6.45) is 8.57. The molecule has 3 fully saturated rings. The summed E-state index contributed by atoms with van der Waals surface area (Å²) in [7, 11) is 0. The number of hydrogen-bond donors (Lipinski definition) is 1. The summed E-state index contributed by atoms with van der Waals surface area (Å²) in [6, 6.07) is 0. The standard InChI is InChI=1S/C20H28F2O2/c1-18-9-4-3-5-12(18)6-7-13-14(18)8-10-19(2)15(17(23)24)11-20(21,22)16(13)19/h5,13-16H,3-4,6-11H2,1-2H3,(H,23,24)/t13-,14+,15?,16+,18+,19-/m1/s1. The van der Waals surface area contributed by atoms with E-state index in [9.17, 15) is 18.7 Å². The van der Waals surface area contributed by atoms with Gasteiger partial charge in [-0.3, -0.25) is 4.79 Å². The van der Waals surface area contributed by atoms with Gasteiger partial charge < -0.3 is 5.11 Å². The molecule has 0 heterocycles. The van der Waals surface area contributed by atoms with Crippen molar-refractivity contribution in [3.05, 3.63) is 11.6 Å². The number of carboxylic acids is 1. The van der Waals surface area contributed by atoms with Crippen LogP contribution >= 0.6 is 0 Å². The number of carboxylic acid groups (broad SMARTS) is 1. The molecule has 4 aliphatic carbocycles. The molecule has 0 saturated heterocycles. The third-order valence-corrected chi connectivity index (χ3v) is 8.26. The maximum absolute atomic E-state index is 15.0. The summed E-state index contributed by atoms with van der Waals surface area (Å²) in [6.45, 7) is 4.13. The highest BCUT2D eigenvalue weighted by molar-refractivity contribution is 5.72. The number of alkyl halides is 2. The normalized spacial score (nSPS) is 49.6. The molecule has 134 valence electrons. The maximum Gasteiger partial charge on any atom is 0.307 e. The molecule has 4 heteroatoms. The molecule has 0 aromatic rings. The maximum atomic E-state index is 15.0. The number of fused-ring (bicyclic) bond motifs is 5. The number of rotatable bonds is 1. The molecule has 0 bridgehead atoms. The molecule has 1 unspecified atom stereocenters. The van der Waals surface area contributed by atoms with E-state index >= 15 is 0 Å². The van der Waals surface area contributed by atoms with Gasteiger partial charge in [0.1, 0.15) is 0 Å². The zero-order valence-corrected chi connectivity index (χ0v) is 14.7. The Morgan fingerprint density at radius 1 is 1.25 bits per heavy atom. The average Bonchev–Trinajstić information content (AvgIpc) is 2.73. The molecule has 24 heavy (non-hydrogen) atoms. The molecule has 2 nitrogen and oxygen atoms in total. The zero-order valence-electron chi connectivity index (χ0n) is 14.7. The van der Waals surface area contributed by atoms with Gasteiger partial charge in [-0.1, -0.05) is 25.5 Å². The van der Waals surface area contributed by atoms with Crippen LogP contribution in [0, 0.1) is 34.5 Å². The highest BCUT2D eigenvalue weighted by atomic mass is 19.3. The first-order valence-corrected chi connectivity index (χ1v) is 9.50. The Balaban J connectivity index is 1.75. The van der Waals surface area contributed by atoms with Crippen molar-refractivity contribution in [3.8, 4) is 0 Å². The van der Waals surface area contributed by atoms with Crippen molar-refractivity contribution in [3.63, 3.8) is 0 Å². The molecule has 0 amide bonds. The average molecular weight is 338 g/mol. The molecule has 4 rings (SSSR count). The van der Waals surface area contributed by atoms with Gasteiger partial charge in [0.25, 0.3) is 5.92 Å². The van der Waals surface area contributed by atoms with Crippen LogP contribution in [0.15, 0.2) is 11.6 Å². The third-order valence-electron chi connectivity index (χ3n) is 8.26. The summed E-state index contributed by atoms with van der Waals surface area (Å²) in [5.74, 6) is -5.25. The first-order valence-electron chi connectivity index (χ1n) is 9.50. The quantitative estimate of drug-likeness (QED) is 0.660. The van der Waals surface area contributed by atoms with Crippen molar-refractivity contribution >= 4 is 5.97 Å². The number of halogens is 2. The number of allylic oxidation sites excluding steroid dienone is 2. The second kappa shape index (κ2) is 5.04. The van der Waals surface area contributed by atoms with Crippen LogP contribution in [0.4, 0.5) is 8.78 Å². The lowest BCUT2D eigenvalue weighted by Crippen LogP contribution is -2.53. The van der Waals surface area contributed by atoms with E-state index < -0.39 is 35.6 Å². The van der Waals surface area contributed by atoms with E-state index in [2.05, 4.69) is 13.0 Å². The van der Waals surface area contributed by atoms with Crippen molar-refractivity contribution in [1.82, 2.24) is 0 Å². The SMILES string of the molecule is C[C@]12CCCC=C1CC[C@H]1[C@@H]3C(F)(F)CC(C(=O)O)[C@@]3(C)CC[C@@H]12. The zero-order chi connectivity index (χ0) is 17.3. The Bertz CT molecular complexity index is 598. The smallest absolute Gasteiger partial charge is 0.307 e. The van der Waals surface area contributed by atoms with Crippen LogP contribution in [0.1, 0.15) is 65.2 Å². The van der Waals surface area contributed by atoms with E-state index in [1.54, 1.807) is 0 Å². The van der Waals surface area contributed by atoms with E-state index in [1.165, 1.54) is 5.57 Å². The molecular formula is C20H28F2O2. The van der Waals surface area contributed by atoms with E-state index in [1.807, 2.05) is 6.92 Å². The second-order valence-electron chi connectivity index (χ2n) is 9.23. The molecule has 0 aromatic carbocycles. The van der Waals surface area contributed by atoms with E-state index in [0.29, 0.717) is 12.3 Å². The van der Waals surface area contributed by atoms with Gasteiger partial charge in [-0.2, -0.15) is 0 Å². The van der Waals surface area contributed by atoms with Gasteiger partial charge in [-0.15, -0.1) is 0 Å². The Kier molecular flexibility index (Phi) is 3.48. The van der Waals surface area contributed by atoms with Gasteiger partial charge in [0.2, 0.25) is 0 Å². The highest BCUT2D eigenvalue weighted by Gasteiger charge is 2.69. The summed E-state index contributed by atoms with van der Waals surface area (Å²) in [5, 5.41) is 9.54. The first kappa shape index (κ1) is 16.5. The van der Waals surface area contributed by atoms with E-state index in [0.717, 1.165) is 38.5 Å². The molecule has 1 N–H and O–H groups in total. The van der Waals surface area contributed by atoms with Crippen molar-refractivity contribution < 1.29 is 18.7 Å². The van der Waals surface area contributed by atoms with Crippen LogP contribution in [0.5, 0.6) is 0 Å². The molecule has 0 aliphatic heterocycles. The van der Waals surface area contributed by atoms with Gasteiger partial charge in [0.05, 0.1) is 5.92 Å². The number of carbonyl (C=O) groups is 1. The molecule has 4 aliphatic rings. The van der Waals surface area contributed by atoms with Crippen LogP contribution < -0.4 is 0 Å². The van der Waals surface area contributed by atoms with Gasteiger partial charge in [0, 0.05) is 12.3 Å². The van der Waals surface area contributed by atoms with Crippen LogP contribution in [0.2, 0.25) is 0 Å². The van der Waals surface area contributed by atoms with Gasteiger partial charge in [-0.05, 0) is 67.6 Å². The minimum Gasteiger partial charge on any atom is -0.481 e. The Hall–Kier alpha value is -0.930. The van der Waals surface area contributed by atoms with Gasteiger partial charge >= 0.3 is 5.97 Å². The fourth-order valence-electron chi connectivity index (χ4n) is 7.18. The summed E-state index contributed by atoms with van der Waals surface area (Å²) >= 11 is 0. The van der Waals surface area contributed by atoms with Crippen molar-refractivity contribution in [2.45, 2.75) is 71.1 Å². The predicted octanol–water partition coefficient (Wildman–Crippen LogP) is 5.29. The lowest BCUT2D eigenvalue weighted by molar-refractivity contribution is -0.153. The highest BCUT2D eigenvalue weighted by Crippen LogP contribution is 2.70. The minimum absolute atomic E-state index is 0.0247. The predicted molar refractivity (Wildman–Crippen MR) is 87.8 cm³/mol. The fourth-order valence-corrected chi connectivity index (χ4v) is 7.18. The molecule has 3 saturated carbocycles. The van der Waals surface area contributed by atoms with Crippen molar-refractivity contribution in [2.75, 3.05) is 0 Å². The first-order chi connectivity index (χ1) is 11.2. The Labute approximate surface area is 142 Å². The monoisotopic (exact) mass is 338 g/mol. The van der Waals surface area contributed by atoms with E-state index in [-0.39, 0.29) is 11.3 Å². The fraction of sp³-hybridized carbons (Fsp3) is 0.850. The van der Waals surface area contributed by atoms with Crippen LogP contribution in [-0.4, -0.2) is 17.0 Å².